The summed E-state index contributed by atoms with van der Waals surface area (Å²) in [6, 6.07) is 3.96. The number of rotatable bonds is 5. The Bertz CT molecular complexity index is 536. The number of carbonyl (C=O) groups is 1. The second-order valence-corrected chi connectivity index (χ2v) is 4.84. The second kappa shape index (κ2) is 5.73. The van der Waals surface area contributed by atoms with Crippen molar-refractivity contribution in [2.45, 2.75) is 20.3 Å². The molecule has 94 valence electrons. The summed E-state index contributed by atoms with van der Waals surface area (Å²) < 4.78 is 4.21. The highest BCUT2D eigenvalue weighted by molar-refractivity contribution is 7.10. The Kier molecular flexibility index (Phi) is 4.04. The number of nitrogens with zero attached hydrogens (tertiary/aromatic N) is 2. The van der Waals surface area contributed by atoms with E-state index in [-0.39, 0.29) is 5.78 Å². The predicted octanol–water partition coefficient (Wildman–Crippen LogP) is 2.70. The molecule has 18 heavy (non-hydrogen) atoms. The van der Waals surface area contributed by atoms with E-state index in [1.54, 1.807) is 13.1 Å². The summed E-state index contributed by atoms with van der Waals surface area (Å²) in [5, 5.41) is 4.14. The zero-order valence-corrected chi connectivity index (χ0v) is 11.3. The molecule has 0 saturated carbocycles. The third kappa shape index (κ3) is 2.92. The van der Waals surface area contributed by atoms with E-state index in [4.69, 9.17) is 0 Å². The maximum Gasteiger partial charge on any atom is 0.164 e. The molecule has 0 unspecified atom stereocenters. The van der Waals surface area contributed by atoms with E-state index in [0.717, 1.165) is 23.7 Å². The second-order valence-electron chi connectivity index (χ2n) is 4.07. The monoisotopic (exact) mass is 261 g/mol. The van der Waals surface area contributed by atoms with Crippen LogP contribution in [0.3, 0.4) is 0 Å². The SMILES string of the molecule is CC(=O)c1c(C)nsc1NCCc1cccnc1. The van der Waals surface area contributed by atoms with Crippen molar-refractivity contribution in [1.29, 1.82) is 0 Å². The molecular weight excluding hydrogens is 246 g/mol. The average Bonchev–Trinajstić information content (AvgIpc) is 2.72. The number of Topliss-reactive ketones (excluding diaryl/α,β-unsaturated/α-hetero) is 1. The van der Waals surface area contributed by atoms with E-state index < -0.39 is 0 Å². The normalized spacial score (nSPS) is 10.3. The van der Waals surface area contributed by atoms with Gasteiger partial charge >= 0.3 is 0 Å². The molecule has 0 saturated heterocycles. The summed E-state index contributed by atoms with van der Waals surface area (Å²) in [7, 11) is 0. The highest BCUT2D eigenvalue weighted by Gasteiger charge is 2.14. The fraction of sp³-hybridized carbons (Fsp3) is 0.308. The number of aromatic nitrogens is 2. The van der Waals surface area contributed by atoms with Crippen LogP contribution in [0.15, 0.2) is 24.5 Å². The molecule has 5 heteroatoms. The van der Waals surface area contributed by atoms with Crippen LogP contribution in [0, 0.1) is 6.92 Å². The third-order valence-electron chi connectivity index (χ3n) is 2.64. The third-order valence-corrected chi connectivity index (χ3v) is 3.53. The minimum atomic E-state index is 0.0603. The number of hydrogen-bond acceptors (Lipinski definition) is 5. The van der Waals surface area contributed by atoms with Gasteiger partial charge in [-0.2, -0.15) is 4.37 Å². The molecule has 0 radical (unpaired) electrons. The largest absolute Gasteiger partial charge is 0.375 e. The average molecular weight is 261 g/mol. The van der Waals surface area contributed by atoms with Gasteiger partial charge < -0.3 is 5.32 Å². The Morgan fingerprint density at radius 1 is 1.50 bits per heavy atom. The lowest BCUT2D eigenvalue weighted by Gasteiger charge is -2.05. The molecule has 2 heterocycles. The van der Waals surface area contributed by atoms with Crippen LogP contribution in [0.5, 0.6) is 0 Å². The zero-order chi connectivity index (χ0) is 13.0. The van der Waals surface area contributed by atoms with Crippen molar-refractivity contribution in [3.63, 3.8) is 0 Å². The van der Waals surface area contributed by atoms with Gasteiger partial charge in [0, 0.05) is 18.9 Å². The van der Waals surface area contributed by atoms with Gasteiger partial charge in [0.15, 0.2) is 5.78 Å². The summed E-state index contributed by atoms with van der Waals surface area (Å²) in [6.45, 7) is 4.20. The smallest absolute Gasteiger partial charge is 0.164 e. The Morgan fingerprint density at radius 2 is 2.33 bits per heavy atom. The maximum atomic E-state index is 11.5. The van der Waals surface area contributed by atoms with Gasteiger partial charge in [0.25, 0.3) is 0 Å². The Hall–Kier alpha value is -1.75. The van der Waals surface area contributed by atoms with Gasteiger partial charge in [-0.3, -0.25) is 9.78 Å². The van der Waals surface area contributed by atoms with Gasteiger partial charge in [0.2, 0.25) is 0 Å². The van der Waals surface area contributed by atoms with Crippen LogP contribution >= 0.6 is 11.5 Å². The van der Waals surface area contributed by atoms with Crippen LogP contribution in [0.25, 0.3) is 0 Å². The minimum Gasteiger partial charge on any atom is -0.375 e. The number of ketones is 1. The molecule has 2 aromatic rings. The van der Waals surface area contributed by atoms with E-state index in [1.165, 1.54) is 17.1 Å². The minimum absolute atomic E-state index is 0.0603. The maximum absolute atomic E-state index is 11.5. The summed E-state index contributed by atoms with van der Waals surface area (Å²) >= 11 is 1.34. The van der Waals surface area contributed by atoms with E-state index in [9.17, 15) is 4.79 Å². The molecule has 0 amide bonds. The van der Waals surface area contributed by atoms with Crippen molar-refractivity contribution < 1.29 is 4.79 Å². The van der Waals surface area contributed by atoms with Gasteiger partial charge in [-0.05, 0) is 43.4 Å². The molecule has 4 nitrogen and oxygen atoms in total. The van der Waals surface area contributed by atoms with Crippen molar-refractivity contribution in [2.24, 2.45) is 0 Å². The predicted molar refractivity (Wildman–Crippen MR) is 73.3 cm³/mol. The van der Waals surface area contributed by atoms with Crippen LogP contribution in [0.4, 0.5) is 5.00 Å². The van der Waals surface area contributed by atoms with Crippen molar-refractivity contribution in [3.05, 3.63) is 41.3 Å². The van der Waals surface area contributed by atoms with Gasteiger partial charge in [-0.1, -0.05) is 6.07 Å². The molecule has 0 fully saturated rings. The number of anilines is 1. The van der Waals surface area contributed by atoms with Gasteiger partial charge in [0.1, 0.15) is 5.00 Å². The van der Waals surface area contributed by atoms with Crippen molar-refractivity contribution in [3.8, 4) is 0 Å². The Labute approximate surface area is 110 Å². The molecule has 0 spiro atoms. The van der Waals surface area contributed by atoms with E-state index >= 15 is 0 Å². The standard InChI is InChI=1S/C13H15N3OS/c1-9-12(10(2)17)13(18-16-9)15-7-5-11-4-3-6-14-8-11/h3-4,6,8,15H,5,7H2,1-2H3. The quantitative estimate of drug-likeness (QED) is 0.841. The van der Waals surface area contributed by atoms with Crippen LogP contribution in [0.1, 0.15) is 28.5 Å². The molecule has 2 aromatic heterocycles. The lowest BCUT2D eigenvalue weighted by atomic mass is 10.2. The zero-order valence-electron chi connectivity index (χ0n) is 10.4. The topological polar surface area (TPSA) is 54.9 Å². The molecule has 2 rings (SSSR count). The summed E-state index contributed by atoms with van der Waals surface area (Å²) in [5.74, 6) is 0.0603. The van der Waals surface area contributed by atoms with Crippen LogP contribution in [-0.4, -0.2) is 21.7 Å². The fourth-order valence-electron chi connectivity index (χ4n) is 1.77. The molecule has 1 N–H and O–H groups in total. The lowest BCUT2D eigenvalue weighted by molar-refractivity contribution is 0.101. The van der Waals surface area contributed by atoms with E-state index in [1.807, 2.05) is 25.3 Å². The van der Waals surface area contributed by atoms with Crippen molar-refractivity contribution >= 4 is 22.3 Å². The number of aryl methyl sites for hydroxylation is 1. The molecular formula is C13H15N3OS. The first kappa shape index (κ1) is 12.7. The highest BCUT2D eigenvalue weighted by Crippen LogP contribution is 2.24. The first-order chi connectivity index (χ1) is 8.68. The molecule has 0 aliphatic carbocycles. The molecule has 0 bridgehead atoms. The summed E-state index contributed by atoms with van der Waals surface area (Å²) in [5.41, 5.74) is 2.69. The van der Waals surface area contributed by atoms with Crippen LogP contribution in [-0.2, 0) is 6.42 Å². The number of hydrogen-bond donors (Lipinski definition) is 1. The van der Waals surface area contributed by atoms with Crippen molar-refractivity contribution in [2.75, 3.05) is 11.9 Å². The Morgan fingerprint density at radius 3 is 3.00 bits per heavy atom. The lowest BCUT2D eigenvalue weighted by Crippen LogP contribution is -2.07. The van der Waals surface area contributed by atoms with Gasteiger partial charge in [-0.25, -0.2) is 0 Å². The summed E-state index contributed by atoms with van der Waals surface area (Å²) in [4.78, 5) is 15.6. The number of carbonyl (C=O) groups excluding carboxylic acids is 1. The molecule has 0 atom stereocenters. The fourth-order valence-corrected chi connectivity index (χ4v) is 2.64. The highest BCUT2D eigenvalue weighted by atomic mass is 32.1. The van der Waals surface area contributed by atoms with Crippen LogP contribution in [0.2, 0.25) is 0 Å². The van der Waals surface area contributed by atoms with Crippen LogP contribution < -0.4 is 5.32 Å². The van der Waals surface area contributed by atoms with E-state index in [0.29, 0.717) is 5.56 Å². The number of nitrogens with one attached hydrogen (secondary N) is 1. The number of pyridine rings is 1. The van der Waals surface area contributed by atoms with Gasteiger partial charge in [0.05, 0.1) is 11.3 Å². The van der Waals surface area contributed by atoms with E-state index in [2.05, 4.69) is 14.7 Å². The first-order valence-electron chi connectivity index (χ1n) is 5.78. The summed E-state index contributed by atoms with van der Waals surface area (Å²) in [6.07, 6.45) is 4.49. The van der Waals surface area contributed by atoms with Crippen molar-refractivity contribution in [1.82, 2.24) is 9.36 Å². The molecule has 0 aromatic carbocycles. The Balaban J connectivity index is 1.97. The molecule has 0 aliphatic heterocycles. The molecule has 0 aliphatic rings. The first-order valence-corrected chi connectivity index (χ1v) is 6.56. The van der Waals surface area contributed by atoms with Gasteiger partial charge in [-0.15, -0.1) is 0 Å².